The first-order chi connectivity index (χ1) is 11.6. The zero-order valence-corrected chi connectivity index (χ0v) is 13.7. The highest BCUT2D eigenvalue weighted by Crippen LogP contribution is 2.17. The van der Waals surface area contributed by atoms with Crippen LogP contribution in [0, 0.1) is 0 Å². The molecule has 2 amide bonds. The molecule has 0 radical (unpaired) electrons. The van der Waals surface area contributed by atoms with Crippen molar-refractivity contribution >= 4 is 17.7 Å². The highest BCUT2D eigenvalue weighted by molar-refractivity contribution is 5.93. The van der Waals surface area contributed by atoms with Crippen LogP contribution < -0.4 is 15.4 Å². The summed E-state index contributed by atoms with van der Waals surface area (Å²) in [6.07, 6.45) is 0.652. The van der Waals surface area contributed by atoms with Crippen molar-refractivity contribution < 1.29 is 19.1 Å². The fourth-order valence-electron chi connectivity index (χ4n) is 2.24. The maximum atomic E-state index is 11.9. The first-order valence-electron chi connectivity index (χ1n) is 7.49. The lowest BCUT2D eigenvalue weighted by molar-refractivity contribution is 0.0600. The Hall–Kier alpha value is -3.02. The molecule has 0 aromatic heterocycles. The number of nitrogens with one attached hydrogen (secondary N) is 2. The Balaban J connectivity index is 1.86. The third kappa shape index (κ3) is 4.74. The lowest BCUT2D eigenvalue weighted by Crippen LogP contribution is -2.30. The summed E-state index contributed by atoms with van der Waals surface area (Å²) in [5.41, 5.74) is 1.92. The van der Waals surface area contributed by atoms with Gasteiger partial charge in [-0.1, -0.05) is 24.3 Å². The lowest BCUT2D eigenvalue weighted by Gasteiger charge is -2.10. The first kappa shape index (κ1) is 17.3. The summed E-state index contributed by atoms with van der Waals surface area (Å²) in [5, 5.41) is 5.46. The number of anilines is 1. The Kier molecular flexibility index (Phi) is 6.19. The van der Waals surface area contributed by atoms with Crippen LogP contribution in [0.1, 0.15) is 15.9 Å². The number of para-hydroxylation sites is 1. The van der Waals surface area contributed by atoms with Crippen LogP contribution in [0.15, 0.2) is 48.5 Å². The van der Waals surface area contributed by atoms with Gasteiger partial charge in [0.1, 0.15) is 5.75 Å². The summed E-state index contributed by atoms with van der Waals surface area (Å²) in [5.74, 6) is 0.348. The van der Waals surface area contributed by atoms with Gasteiger partial charge in [-0.15, -0.1) is 0 Å². The zero-order chi connectivity index (χ0) is 17.4. The predicted molar refractivity (Wildman–Crippen MR) is 91.5 cm³/mol. The van der Waals surface area contributed by atoms with Crippen LogP contribution in [0.3, 0.4) is 0 Å². The van der Waals surface area contributed by atoms with Crippen molar-refractivity contribution in [3.05, 3.63) is 59.7 Å². The fourth-order valence-corrected chi connectivity index (χ4v) is 2.24. The quantitative estimate of drug-likeness (QED) is 0.800. The largest absolute Gasteiger partial charge is 0.496 e. The summed E-state index contributed by atoms with van der Waals surface area (Å²) in [6, 6.07) is 13.9. The number of amides is 2. The van der Waals surface area contributed by atoms with Crippen molar-refractivity contribution in [2.45, 2.75) is 6.42 Å². The average molecular weight is 328 g/mol. The van der Waals surface area contributed by atoms with Crippen molar-refractivity contribution in [1.82, 2.24) is 5.32 Å². The van der Waals surface area contributed by atoms with E-state index in [0.29, 0.717) is 24.2 Å². The topological polar surface area (TPSA) is 76.7 Å². The van der Waals surface area contributed by atoms with Crippen LogP contribution >= 0.6 is 0 Å². The summed E-state index contributed by atoms with van der Waals surface area (Å²) < 4.78 is 9.93. The molecular formula is C18H20N2O4. The van der Waals surface area contributed by atoms with Crippen molar-refractivity contribution in [2.24, 2.45) is 0 Å². The van der Waals surface area contributed by atoms with Crippen molar-refractivity contribution in [1.29, 1.82) is 0 Å². The van der Waals surface area contributed by atoms with Crippen LogP contribution in [0.25, 0.3) is 0 Å². The predicted octanol–water partition coefficient (Wildman–Crippen LogP) is 2.85. The van der Waals surface area contributed by atoms with Crippen LogP contribution in [-0.2, 0) is 11.2 Å². The normalized spacial score (nSPS) is 9.92. The van der Waals surface area contributed by atoms with Crippen LogP contribution in [0.4, 0.5) is 10.5 Å². The third-order valence-electron chi connectivity index (χ3n) is 3.41. The Labute approximate surface area is 140 Å². The highest BCUT2D eigenvalue weighted by atomic mass is 16.5. The first-order valence-corrected chi connectivity index (χ1v) is 7.49. The summed E-state index contributed by atoms with van der Waals surface area (Å²) in [4.78, 5) is 23.4. The van der Waals surface area contributed by atoms with Crippen molar-refractivity contribution in [2.75, 3.05) is 26.1 Å². The highest BCUT2D eigenvalue weighted by Gasteiger charge is 2.08. The number of carbonyl (C=O) groups is 2. The molecular weight excluding hydrogens is 308 g/mol. The fraction of sp³-hybridized carbons (Fsp3) is 0.222. The van der Waals surface area contributed by atoms with Gasteiger partial charge in [-0.3, -0.25) is 0 Å². The molecule has 0 atom stereocenters. The van der Waals surface area contributed by atoms with Gasteiger partial charge in [-0.25, -0.2) is 9.59 Å². The number of rotatable bonds is 6. The standard InChI is InChI=1S/C18H20N2O4/c1-23-16-9-4-3-6-13(16)10-11-19-18(22)20-15-8-5-7-14(12-15)17(21)24-2/h3-9,12H,10-11H2,1-2H3,(H2,19,20,22). The molecule has 2 aromatic carbocycles. The molecule has 0 aliphatic heterocycles. The van der Waals surface area contributed by atoms with Crippen molar-refractivity contribution in [3.63, 3.8) is 0 Å². The van der Waals surface area contributed by atoms with E-state index in [0.717, 1.165) is 11.3 Å². The number of ether oxygens (including phenoxy) is 2. The van der Waals surface area contributed by atoms with Gasteiger partial charge in [0.25, 0.3) is 0 Å². The van der Waals surface area contributed by atoms with Gasteiger partial charge in [-0.05, 0) is 36.2 Å². The van der Waals surface area contributed by atoms with E-state index in [1.54, 1.807) is 31.4 Å². The van der Waals surface area contributed by atoms with E-state index in [2.05, 4.69) is 15.4 Å². The maximum Gasteiger partial charge on any atom is 0.337 e. The average Bonchev–Trinajstić information content (AvgIpc) is 2.61. The number of esters is 1. The number of benzene rings is 2. The van der Waals surface area contributed by atoms with E-state index in [1.165, 1.54) is 7.11 Å². The second kappa shape index (κ2) is 8.57. The number of hydrogen-bond donors (Lipinski definition) is 2. The molecule has 0 spiro atoms. The summed E-state index contributed by atoms with van der Waals surface area (Å²) in [7, 11) is 2.93. The van der Waals surface area contributed by atoms with Crippen molar-refractivity contribution in [3.8, 4) is 5.75 Å². The van der Waals surface area contributed by atoms with Crippen LogP contribution in [0.5, 0.6) is 5.75 Å². The van der Waals surface area contributed by atoms with Crippen LogP contribution in [0.2, 0.25) is 0 Å². The summed E-state index contributed by atoms with van der Waals surface area (Å²) in [6.45, 7) is 0.461. The summed E-state index contributed by atoms with van der Waals surface area (Å²) >= 11 is 0. The van der Waals surface area contributed by atoms with Gasteiger partial charge < -0.3 is 20.1 Å². The molecule has 24 heavy (non-hydrogen) atoms. The monoisotopic (exact) mass is 328 g/mol. The van der Waals surface area contributed by atoms with E-state index in [9.17, 15) is 9.59 Å². The Morgan fingerprint density at radius 3 is 2.58 bits per heavy atom. The van der Waals surface area contributed by atoms with Gasteiger partial charge in [0.15, 0.2) is 0 Å². The second-order valence-corrected chi connectivity index (χ2v) is 5.02. The Morgan fingerprint density at radius 2 is 1.83 bits per heavy atom. The molecule has 0 aliphatic carbocycles. The molecule has 0 heterocycles. The molecule has 0 aliphatic rings. The molecule has 0 fully saturated rings. The molecule has 6 nitrogen and oxygen atoms in total. The molecule has 0 unspecified atom stereocenters. The molecule has 0 saturated carbocycles. The number of hydrogen-bond acceptors (Lipinski definition) is 4. The Bertz CT molecular complexity index is 716. The molecule has 2 N–H and O–H groups in total. The molecule has 6 heteroatoms. The zero-order valence-electron chi connectivity index (χ0n) is 13.7. The van der Waals surface area contributed by atoms with E-state index >= 15 is 0 Å². The minimum atomic E-state index is -0.449. The third-order valence-corrected chi connectivity index (χ3v) is 3.41. The second-order valence-electron chi connectivity index (χ2n) is 5.02. The number of methoxy groups -OCH3 is 2. The number of carbonyl (C=O) groups excluding carboxylic acids is 2. The molecule has 126 valence electrons. The SMILES string of the molecule is COC(=O)c1cccc(NC(=O)NCCc2ccccc2OC)c1. The maximum absolute atomic E-state index is 11.9. The van der Waals surface area contributed by atoms with E-state index in [1.807, 2.05) is 24.3 Å². The van der Waals surface area contributed by atoms with E-state index < -0.39 is 5.97 Å². The number of urea groups is 1. The molecule has 0 bridgehead atoms. The minimum absolute atomic E-state index is 0.341. The van der Waals surface area contributed by atoms with E-state index in [-0.39, 0.29) is 6.03 Å². The minimum Gasteiger partial charge on any atom is -0.496 e. The lowest BCUT2D eigenvalue weighted by atomic mass is 10.1. The smallest absolute Gasteiger partial charge is 0.337 e. The molecule has 2 aromatic rings. The van der Waals surface area contributed by atoms with Gasteiger partial charge in [-0.2, -0.15) is 0 Å². The molecule has 0 saturated heterocycles. The van der Waals surface area contributed by atoms with Crippen LogP contribution in [-0.4, -0.2) is 32.8 Å². The van der Waals surface area contributed by atoms with Gasteiger partial charge >= 0.3 is 12.0 Å². The molecule has 2 rings (SSSR count). The van der Waals surface area contributed by atoms with Gasteiger partial charge in [0.05, 0.1) is 19.8 Å². The van der Waals surface area contributed by atoms with E-state index in [4.69, 9.17) is 4.74 Å². The van der Waals surface area contributed by atoms with Gasteiger partial charge in [0.2, 0.25) is 0 Å². The Morgan fingerprint density at radius 1 is 1.04 bits per heavy atom. The van der Waals surface area contributed by atoms with Gasteiger partial charge in [0, 0.05) is 12.2 Å².